The van der Waals surface area contributed by atoms with Gasteiger partial charge in [0.2, 0.25) is 15.9 Å². The quantitative estimate of drug-likeness (QED) is 0.827. The Hall–Kier alpha value is -0.920. The predicted octanol–water partition coefficient (Wildman–Crippen LogP) is 1.77. The summed E-state index contributed by atoms with van der Waals surface area (Å²) in [7, 11) is -3.13. The molecule has 0 atom stereocenters. The maximum Gasteiger partial charge on any atom is 0.226 e. The van der Waals surface area contributed by atoms with Crippen molar-refractivity contribution in [3.8, 4) is 0 Å². The van der Waals surface area contributed by atoms with Crippen molar-refractivity contribution in [2.45, 2.75) is 26.3 Å². The Bertz CT molecular complexity index is 561. The van der Waals surface area contributed by atoms with Gasteiger partial charge >= 0.3 is 0 Å². The summed E-state index contributed by atoms with van der Waals surface area (Å²) >= 11 is 1.65. The van der Waals surface area contributed by atoms with Crippen LogP contribution in [0.4, 0.5) is 0 Å². The lowest BCUT2D eigenvalue weighted by Crippen LogP contribution is -2.43. The molecule has 1 aromatic heterocycles. The molecule has 1 fully saturated rings. The molecular formula is C14H22N2O3S2. The van der Waals surface area contributed by atoms with Crippen molar-refractivity contribution < 1.29 is 13.2 Å². The van der Waals surface area contributed by atoms with E-state index in [0.717, 1.165) is 0 Å². The third-order valence-corrected chi connectivity index (χ3v) is 6.06. The SMILES string of the molecule is CCN(Cc1cccs1)C(=O)C1CCN(S(C)(=O)=O)CC1. The number of nitrogens with zero attached hydrogens (tertiary/aromatic N) is 2. The molecule has 0 bridgehead atoms. The number of carbonyl (C=O) groups is 1. The van der Waals surface area contributed by atoms with E-state index in [9.17, 15) is 13.2 Å². The molecule has 1 amide bonds. The Morgan fingerprint density at radius 2 is 2.10 bits per heavy atom. The second kappa shape index (κ2) is 6.89. The first-order chi connectivity index (χ1) is 9.91. The molecule has 5 nitrogen and oxygen atoms in total. The molecular weight excluding hydrogens is 308 g/mol. The first-order valence-corrected chi connectivity index (χ1v) is 9.91. The molecule has 1 aliphatic heterocycles. The summed E-state index contributed by atoms with van der Waals surface area (Å²) in [6.45, 7) is 4.22. The van der Waals surface area contributed by atoms with Gasteiger partial charge in [-0.05, 0) is 31.2 Å². The molecule has 0 aromatic carbocycles. The summed E-state index contributed by atoms with van der Waals surface area (Å²) in [5, 5.41) is 2.01. The summed E-state index contributed by atoms with van der Waals surface area (Å²) in [5.41, 5.74) is 0. The highest BCUT2D eigenvalue weighted by Crippen LogP contribution is 2.22. The zero-order chi connectivity index (χ0) is 15.5. The summed E-state index contributed by atoms with van der Waals surface area (Å²) in [6.07, 6.45) is 2.46. The van der Waals surface area contributed by atoms with Crippen LogP contribution in [0.3, 0.4) is 0 Å². The minimum atomic E-state index is -3.13. The van der Waals surface area contributed by atoms with Crippen molar-refractivity contribution >= 4 is 27.3 Å². The Labute approximate surface area is 130 Å². The second-order valence-corrected chi connectivity index (χ2v) is 8.38. The highest BCUT2D eigenvalue weighted by molar-refractivity contribution is 7.88. The molecule has 7 heteroatoms. The van der Waals surface area contributed by atoms with Gasteiger partial charge in [-0.3, -0.25) is 4.79 Å². The van der Waals surface area contributed by atoms with E-state index in [2.05, 4.69) is 0 Å². The van der Waals surface area contributed by atoms with E-state index in [1.807, 2.05) is 29.3 Å². The van der Waals surface area contributed by atoms with E-state index >= 15 is 0 Å². The summed E-state index contributed by atoms with van der Waals surface area (Å²) in [5.74, 6) is 0.0990. The largest absolute Gasteiger partial charge is 0.338 e. The minimum Gasteiger partial charge on any atom is -0.338 e. The van der Waals surface area contributed by atoms with Crippen LogP contribution in [0, 0.1) is 5.92 Å². The molecule has 0 spiro atoms. The molecule has 21 heavy (non-hydrogen) atoms. The number of hydrogen-bond donors (Lipinski definition) is 0. The van der Waals surface area contributed by atoms with Crippen molar-refractivity contribution in [3.63, 3.8) is 0 Å². The minimum absolute atomic E-state index is 0.0529. The number of piperidine rings is 1. The standard InChI is InChI=1S/C14H22N2O3S2/c1-3-15(11-13-5-4-10-20-13)14(17)12-6-8-16(9-7-12)21(2,18)19/h4-5,10,12H,3,6-9,11H2,1-2H3. The molecule has 2 rings (SSSR count). The molecule has 1 aromatic rings. The van der Waals surface area contributed by atoms with Crippen LogP contribution in [0.2, 0.25) is 0 Å². The number of rotatable bonds is 5. The topological polar surface area (TPSA) is 57.7 Å². The average molecular weight is 330 g/mol. The second-order valence-electron chi connectivity index (χ2n) is 5.37. The molecule has 2 heterocycles. The van der Waals surface area contributed by atoms with Gasteiger partial charge in [-0.1, -0.05) is 6.07 Å². The van der Waals surface area contributed by atoms with Gasteiger partial charge in [-0.2, -0.15) is 0 Å². The highest BCUT2D eigenvalue weighted by Gasteiger charge is 2.31. The summed E-state index contributed by atoms with van der Waals surface area (Å²) in [4.78, 5) is 15.6. The number of sulfonamides is 1. The van der Waals surface area contributed by atoms with E-state index in [0.29, 0.717) is 39.0 Å². The van der Waals surface area contributed by atoms with Crippen LogP contribution in [0.5, 0.6) is 0 Å². The summed E-state index contributed by atoms with van der Waals surface area (Å²) < 4.78 is 24.5. The Morgan fingerprint density at radius 1 is 1.43 bits per heavy atom. The van der Waals surface area contributed by atoms with Gasteiger partial charge in [0.25, 0.3) is 0 Å². The lowest BCUT2D eigenvalue weighted by atomic mass is 9.96. The maximum absolute atomic E-state index is 12.6. The number of amides is 1. The van der Waals surface area contributed by atoms with Crippen molar-refractivity contribution in [1.29, 1.82) is 0 Å². The summed E-state index contributed by atoms with van der Waals surface area (Å²) in [6, 6.07) is 4.02. The van der Waals surface area contributed by atoms with Crippen LogP contribution in [-0.2, 0) is 21.4 Å². The highest BCUT2D eigenvalue weighted by atomic mass is 32.2. The van der Waals surface area contributed by atoms with Crippen LogP contribution in [0.15, 0.2) is 17.5 Å². The fraction of sp³-hybridized carbons (Fsp3) is 0.643. The van der Waals surface area contributed by atoms with Crippen LogP contribution >= 0.6 is 11.3 Å². The lowest BCUT2D eigenvalue weighted by molar-refractivity contribution is -0.137. The monoisotopic (exact) mass is 330 g/mol. The van der Waals surface area contributed by atoms with Gasteiger partial charge < -0.3 is 4.90 Å². The van der Waals surface area contributed by atoms with Gasteiger partial charge in [-0.15, -0.1) is 11.3 Å². The van der Waals surface area contributed by atoms with Crippen molar-refractivity contribution in [3.05, 3.63) is 22.4 Å². The first-order valence-electron chi connectivity index (χ1n) is 7.18. The number of hydrogen-bond acceptors (Lipinski definition) is 4. The van der Waals surface area contributed by atoms with Gasteiger partial charge in [-0.25, -0.2) is 12.7 Å². The zero-order valence-corrected chi connectivity index (χ0v) is 14.1. The van der Waals surface area contributed by atoms with E-state index in [1.165, 1.54) is 15.4 Å². The Kier molecular flexibility index (Phi) is 5.40. The third-order valence-electron chi connectivity index (χ3n) is 3.89. The molecule has 1 saturated heterocycles. The van der Waals surface area contributed by atoms with Crippen LogP contribution in [0.25, 0.3) is 0 Å². The predicted molar refractivity (Wildman–Crippen MR) is 84.6 cm³/mol. The lowest BCUT2D eigenvalue weighted by Gasteiger charge is -2.32. The molecule has 1 aliphatic rings. The van der Waals surface area contributed by atoms with E-state index in [1.54, 1.807) is 11.3 Å². The molecule has 0 aliphatic carbocycles. The Morgan fingerprint density at radius 3 is 2.57 bits per heavy atom. The van der Waals surface area contributed by atoms with Crippen LogP contribution < -0.4 is 0 Å². The van der Waals surface area contributed by atoms with Crippen molar-refractivity contribution in [2.24, 2.45) is 5.92 Å². The average Bonchev–Trinajstić information content (AvgIpc) is 2.96. The van der Waals surface area contributed by atoms with Gasteiger partial charge in [0, 0.05) is 30.4 Å². The number of carbonyl (C=O) groups excluding carboxylic acids is 1. The van der Waals surface area contributed by atoms with Gasteiger partial charge in [0.1, 0.15) is 0 Å². The molecule has 0 unspecified atom stereocenters. The van der Waals surface area contributed by atoms with Crippen molar-refractivity contribution in [2.75, 3.05) is 25.9 Å². The third kappa shape index (κ3) is 4.28. The number of thiophene rings is 1. The van der Waals surface area contributed by atoms with E-state index < -0.39 is 10.0 Å². The van der Waals surface area contributed by atoms with Gasteiger partial charge in [0.05, 0.1) is 12.8 Å². The fourth-order valence-corrected chi connectivity index (χ4v) is 4.22. The van der Waals surface area contributed by atoms with Crippen LogP contribution in [-0.4, -0.2) is 49.4 Å². The smallest absolute Gasteiger partial charge is 0.226 e. The van der Waals surface area contributed by atoms with Gasteiger partial charge in [0.15, 0.2) is 0 Å². The van der Waals surface area contributed by atoms with E-state index in [4.69, 9.17) is 0 Å². The Balaban J connectivity index is 1.94. The molecule has 0 saturated carbocycles. The first kappa shape index (κ1) is 16.5. The van der Waals surface area contributed by atoms with Crippen molar-refractivity contribution in [1.82, 2.24) is 9.21 Å². The molecule has 118 valence electrons. The van der Waals surface area contributed by atoms with Crippen LogP contribution in [0.1, 0.15) is 24.6 Å². The molecule has 0 N–H and O–H groups in total. The maximum atomic E-state index is 12.6. The zero-order valence-electron chi connectivity index (χ0n) is 12.5. The van der Waals surface area contributed by atoms with E-state index in [-0.39, 0.29) is 11.8 Å². The fourth-order valence-electron chi connectivity index (χ4n) is 2.63. The normalized spacial score (nSPS) is 17.8. The molecule has 0 radical (unpaired) electrons.